The minimum absolute atomic E-state index is 0.0220. The van der Waals surface area contributed by atoms with Crippen LogP contribution in [0, 0.1) is 25.7 Å². The summed E-state index contributed by atoms with van der Waals surface area (Å²) in [7, 11) is 0. The molecule has 1 aliphatic carbocycles. The SMILES string of the molecule is Cc1nc(-c2ccc(C)c(NC(=O)[C@@H]3CCC[C@@H]3CN)c2)n[nH]1. The van der Waals surface area contributed by atoms with Gasteiger partial charge in [0.05, 0.1) is 0 Å². The Kier molecular flexibility index (Phi) is 4.43. The second kappa shape index (κ2) is 6.50. The average Bonchev–Trinajstić information content (AvgIpc) is 3.18. The lowest BCUT2D eigenvalue weighted by Gasteiger charge is -2.18. The molecule has 0 spiro atoms. The van der Waals surface area contributed by atoms with Crippen LogP contribution in [0.3, 0.4) is 0 Å². The molecule has 122 valence electrons. The van der Waals surface area contributed by atoms with E-state index >= 15 is 0 Å². The van der Waals surface area contributed by atoms with Gasteiger partial charge < -0.3 is 11.1 Å². The van der Waals surface area contributed by atoms with Crippen LogP contribution < -0.4 is 11.1 Å². The number of nitrogens with two attached hydrogens (primary N) is 1. The Morgan fingerprint density at radius 3 is 2.91 bits per heavy atom. The number of aromatic amines is 1. The van der Waals surface area contributed by atoms with Crippen LogP contribution in [0.4, 0.5) is 5.69 Å². The molecule has 0 aliphatic heterocycles. The molecular formula is C17H23N5O. The zero-order valence-corrected chi connectivity index (χ0v) is 13.6. The van der Waals surface area contributed by atoms with Crippen molar-refractivity contribution in [2.45, 2.75) is 33.1 Å². The number of hydrogen-bond acceptors (Lipinski definition) is 4. The zero-order valence-electron chi connectivity index (χ0n) is 13.6. The molecule has 1 aliphatic rings. The third kappa shape index (κ3) is 3.27. The predicted octanol–water partition coefficient (Wildman–Crippen LogP) is 2.40. The number of anilines is 1. The van der Waals surface area contributed by atoms with Crippen molar-refractivity contribution in [2.24, 2.45) is 17.6 Å². The van der Waals surface area contributed by atoms with Crippen molar-refractivity contribution < 1.29 is 4.79 Å². The Balaban J connectivity index is 1.81. The van der Waals surface area contributed by atoms with Crippen LogP contribution in [-0.2, 0) is 4.79 Å². The number of nitrogens with zero attached hydrogens (tertiary/aromatic N) is 2. The van der Waals surface area contributed by atoms with Gasteiger partial charge in [0.1, 0.15) is 5.82 Å². The lowest BCUT2D eigenvalue weighted by molar-refractivity contribution is -0.120. The van der Waals surface area contributed by atoms with Gasteiger partial charge in [-0.2, -0.15) is 5.10 Å². The summed E-state index contributed by atoms with van der Waals surface area (Å²) in [5.41, 5.74) is 8.52. The highest BCUT2D eigenvalue weighted by Gasteiger charge is 2.32. The number of aryl methyl sites for hydroxylation is 2. The summed E-state index contributed by atoms with van der Waals surface area (Å²) < 4.78 is 0. The number of aromatic nitrogens is 3. The highest BCUT2D eigenvalue weighted by molar-refractivity contribution is 5.94. The first kappa shape index (κ1) is 15.7. The van der Waals surface area contributed by atoms with E-state index in [1.54, 1.807) is 0 Å². The van der Waals surface area contributed by atoms with Crippen LogP contribution in [0.1, 0.15) is 30.7 Å². The van der Waals surface area contributed by atoms with Gasteiger partial charge in [-0.3, -0.25) is 9.89 Å². The molecule has 1 amide bonds. The second-order valence-electron chi connectivity index (χ2n) is 6.30. The minimum Gasteiger partial charge on any atom is -0.330 e. The second-order valence-corrected chi connectivity index (χ2v) is 6.30. The van der Waals surface area contributed by atoms with Crippen molar-refractivity contribution in [2.75, 3.05) is 11.9 Å². The van der Waals surface area contributed by atoms with Crippen molar-refractivity contribution in [1.82, 2.24) is 15.2 Å². The number of nitrogens with one attached hydrogen (secondary N) is 2. The molecule has 2 atom stereocenters. The fourth-order valence-corrected chi connectivity index (χ4v) is 3.26. The van der Waals surface area contributed by atoms with E-state index < -0.39 is 0 Å². The third-order valence-electron chi connectivity index (χ3n) is 4.65. The fraction of sp³-hybridized carbons (Fsp3) is 0.471. The van der Waals surface area contributed by atoms with Gasteiger partial charge in [0, 0.05) is 17.2 Å². The van der Waals surface area contributed by atoms with Gasteiger partial charge >= 0.3 is 0 Å². The molecule has 0 unspecified atom stereocenters. The number of benzene rings is 1. The molecule has 2 aromatic rings. The number of carbonyl (C=O) groups is 1. The Bertz CT molecular complexity index is 709. The molecule has 1 aromatic heterocycles. The fourth-order valence-electron chi connectivity index (χ4n) is 3.26. The van der Waals surface area contributed by atoms with Crippen LogP contribution in [-0.4, -0.2) is 27.6 Å². The smallest absolute Gasteiger partial charge is 0.227 e. The van der Waals surface area contributed by atoms with E-state index in [9.17, 15) is 4.79 Å². The standard InChI is InChI=1S/C17H23N5O/c1-10-6-7-12(16-19-11(2)21-22-16)8-15(10)20-17(23)14-5-3-4-13(14)9-18/h6-8,13-14H,3-5,9,18H2,1-2H3,(H,20,23)(H,19,21,22)/t13-,14-/m1/s1. The molecule has 23 heavy (non-hydrogen) atoms. The molecule has 6 nitrogen and oxygen atoms in total. The first-order valence-electron chi connectivity index (χ1n) is 8.09. The van der Waals surface area contributed by atoms with Crippen LogP contribution in [0.2, 0.25) is 0 Å². The molecular weight excluding hydrogens is 290 g/mol. The minimum atomic E-state index is 0.0220. The molecule has 0 saturated heterocycles. The Labute approximate surface area is 135 Å². The van der Waals surface area contributed by atoms with Gasteiger partial charge in [-0.15, -0.1) is 0 Å². The van der Waals surface area contributed by atoms with E-state index in [0.29, 0.717) is 18.3 Å². The summed E-state index contributed by atoms with van der Waals surface area (Å²) in [5, 5.41) is 10.1. The highest BCUT2D eigenvalue weighted by atomic mass is 16.1. The average molecular weight is 313 g/mol. The van der Waals surface area contributed by atoms with Gasteiger partial charge in [0.15, 0.2) is 5.82 Å². The largest absolute Gasteiger partial charge is 0.330 e. The molecule has 1 heterocycles. The quantitative estimate of drug-likeness (QED) is 0.807. The first-order valence-corrected chi connectivity index (χ1v) is 8.09. The maximum atomic E-state index is 12.6. The van der Waals surface area contributed by atoms with E-state index in [-0.39, 0.29) is 11.8 Å². The van der Waals surface area contributed by atoms with Crippen molar-refractivity contribution in [3.63, 3.8) is 0 Å². The summed E-state index contributed by atoms with van der Waals surface area (Å²) in [6.07, 6.45) is 3.05. The number of rotatable bonds is 4. The van der Waals surface area contributed by atoms with Crippen molar-refractivity contribution in [3.8, 4) is 11.4 Å². The third-order valence-corrected chi connectivity index (χ3v) is 4.65. The molecule has 0 radical (unpaired) electrons. The zero-order chi connectivity index (χ0) is 16.4. The van der Waals surface area contributed by atoms with Gasteiger partial charge in [0.2, 0.25) is 5.91 Å². The Hall–Kier alpha value is -2.21. The predicted molar refractivity (Wildman–Crippen MR) is 89.8 cm³/mol. The summed E-state index contributed by atoms with van der Waals surface area (Å²) in [6.45, 7) is 4.42. The van der Waals surface area contributed by atoms with Crippen LogP contribution in [0.5, 0.6) is 0 Å². The first-order chi connectivity index (χ1) is 11.1. The Morgan fingerprint density at radius 2 is 2.22 bits per heavy atom. The monoisotopic (exact) mass is 313 g/mol. The van der Waals surface area contributed by atoms with Crippen LogP contribution >= 0.6 is 0 Å². The summed E-state index contributed by atoms with van der Waals surface area (Å²) in [4.78, 5) is 16.9. The molecule has 1 aromatic carbocycles. The van der Waals surface area contributed by atoms with Crippen molar-refractivity contribution in [3.05, 3.63) is 29.6 Å². The summed E-state index contributed by atoms with van der Waals surface area (Å²) in [5.74, 6) is 1.80. The van der Waals surface area contributed by atoms with E-state index in [1.165, 1.54) is 0 Å². The highest BCUT2D eigenvalue weighted by Crippen LogP contribution is 2.32. The van der Waals surface area contributed by atoms with E-state index in [4.69, 9.17) is 5.73 Å². The maximum absolute atomic E-state index is 12.6. The number of hydrogen-bond donors (Lipinski definition) is 3. The van der Waals surface area contributed by atoms with Crippen molar-refractivity contribution >= 4 is 11.6 Å². The van der Waals surface area contributed by atoms with E-state index in [0.717, 1.165) is 41.9 Å². The maximum Gasteiger partial charge on any atom is 0.227 e. The molecule has 0 bridgehead atoms. The van der Waals surface area contributed by atoms with Crippen molar-refractivity contribution in [1.29, 1.82) is 0 Å². The summed E-state index contributed by atoms with van der Waals surface area (Å²) in [6, 6.07) is 5.87. The molecule has 3 rings (SSSR count). The lowest BCUT2D eigenvalue weighted by atomic mass is 9.95. The lowest BCUT2D eigenvalue weighted by Crippen LogP contribution is -2.30. The number of amides is 1. The van der Waals surface area contributed by atoms with E-state index in [2.05, 4.69) is 20.5 Å². The van der Waals surface area contributed by atoms with Crippen LogP contribution in [0.15, 0.2) is 18.2 Å². The topological polar surface area (TPSA) is 96.7 Å². The number of H-pyrrole nitrogens is 1. The summed E-state index contributed by atoms with van der Waals surface area (Å²) >= 11 is 0. The normalized spacial score (nSPS) is 20.7. The molecule has 6 heteroatoms. The van der Waals surface area contributed by atoms with E-state index in [1.807, 2.05) is 32.0 Å². The number of carbonyl (C=O) groups excluding carboxylic acids is 1. The van der Waals surface area contributed by atoms with Gasteiger partial charge in [-0.25, -0.2) is 4.98 Å². The van der Waals surface area contributed by atoms with Gasteiger partial charge in [-0.1, -0.05) is 18.6 Å². The molecule has 4 N–H and O–H groups in total. The van der Waals surface area contributed by atoms with Gasteiger partial charge in [-0.05, 0) is 50.8 Å². The molecule has 1 fully saturated rings. The molecule has 1 saturated carbocycles. The van der Waals surface area contributed by atoms with Gasteiger partial charge in [0.25, 0.3) is 0 Å². The van der Waals surface area contributed by atoms with Crippen LogP contribution in [0.25, 0.3) is 11.4 Å². The Morgan fingerprint density at radius 1 is 1.39 bits per heavy atom.